The van der Waals surface area contributed by atoms with Crippen molar-refractivity contribution in [1.29, 1.82) is 0 Å². The second-order valence-electron chi connectivity index (χ2n) is 7.20. The van der Waals surface area contributed by atoms with Crippen LogP contribution < -0.4 is 24.4 Å². The Morgan fingerprint density at radius 2 is 2.03 bits per heavy atom. The monoisotopic (exact) mass is 449 g/mol. The minimum absolute atomic E-state index is 0.132. The molecule has 0 saturated carbocycles. The van der Waals surface area contributed by atoms with E-state index in [4.69, 9.17) is 14.2 Å². The number of thiazole rings is 1. The van der Waals surface area contributed by atoms with Crippen LogP contribution >= 0.6 is 11.3 Å². The largest absolute Gasteiger partial charge is 0.463 e. The second kappa shape index (κ2) is 8.08. The molecule has 4 heterocycles. The molecular formula is C23H19N3O5S. The zero-order chi connectivity index (χ0) is 22.2. The summed E-state index contributed by atoms with van der Waals surface area (Å²) in [7, 11) is 0. The van der Waals surface area contributed by atoms with Crippen molar-refractivity contribution < 1.29 is 19.0 Å². The summed E-state index contributed by atoms with van der Waals surface area (Å²) >= 11 is 1.28. The first kappa shape index (κ1) is 20.2. The van der Waals surface area contributed by atoms with Gasteiger partial charge in [0.05, 0.1) is 28.5 Å². The van der Waals surface area contributed by atoms with Crippen molar-refractivity contribution in [3.63, 3.8) is 0 Å². The number of hydrogen-bond acceptors (Lipinski definition) is 8. The summed E-state index contributed by atoms with van der Waals surface area (Å²) in [5.41, 5.74) is 2.17. The third-order valence-electron chi connectivity index (χ3n) is 5.23. The zero-order valence-electron chi connectivity index (χ0n) is 17.4. The number of ether oxygens (including phenoxy) is 3. The second-order valence-corrected chi connectivity index (χ2v) is 8.20. The van der Waals surface area contributed by atoms with Gasteiger partial charge in [0.25, 0.3) is 5.56 Å². The first-order chi connectivity index (χ1) is 15.6. The molecule has 1 aromatic carbocycles. The quantitative estimate of drug-likeness (QED) is 0.565. The SMILES string of the molecule is CCOC(=O)C1=C(C)N=c2s/c(=C/c3ccncc3)c(=O)n2[C@H]1c1ccc2c(c1)OCO2. The Morgan fingerprint density at radius 3 is 2.81 bits per heavy atom. The van der Waals surface area contributed by atoms with Crippen LogP contribution in [-0.4, -0.2) is 28.9 Å². The fourth-order valence-corrected chi connectivity index (χ4v) is 4.85. The molecule has 0 spiro atoms. The van der Waals surface area contributed by atoms with Crippen molar-refractivity contribution in [3.05, 3.63) is 84.8 Å². The zero-order valence-corrected chi connectivity index (χ0v) is 18.2. The normalized spacial score (nSPS) is 17.2. The molecule has 0 N–H and O–H groups in total. The third-order valence-corrected chi connectivity index (χ3v) is 6.22. The Balaban J connectivity index is 1.73. The minimum atomic E-state index is -0.695. The van der Waals surface area contributed by atoms with Crippen molar-refractivity contribution in [1.82, 2.24) is 9.55 Å². The highest BCUT2D eigenvalue weighted by Gasteiger charge is 2.34. The van der Waals surface area contributed by atoms with Gasteiger partial charge in [0.2, 0.25) is 6.79 Å². The van der Waals surface area contributed by atoms with Crippen molar-refractivity contribution in [2.45, 2.75) is 19.9 Å². The number of hydrogen-bond donors (Lipinski definition) is 0. The highest BCUT2D eigenvalue weighted by molar-refractivity contribution is 7.07. The van der Waals surface area contributed by atoms with E-state index in [0.717, 1.165) is 5.56 Å². The lowest BCUT2D eigenvalue weighted by Gasteiger charge is -2.24. The first-order valence-corrected chi connectivity index (χ1v) is 10.9. The summed E-state index contributed by atoms with van der Waals surface area (Å²) < 4.78 is 18.3. The van der Waals surface area contributed by atoms with Crippen molar-refractivity contribution in [3.8, 4) is 11.5 Å². The summed E-state index contributed by atoms with van der Waals surface area (Å²) in [6.07, 6.45) is 5.13. The van der Waals surface area contributed by atoms with Gasteiger partial charge in [-0.3, -0.25) is 14.3 Å². The van der Waals surface area contributed by atoms with E-state index in [0.29, 0.717) is 37.7 Å². The van der Waals surface area contributed by atoms with E-state index in [9.17, 15) is 9.59 Å². The Bertz CT molecular complexity index is 1420. The number of nitrogens with zero attached hydrogens (tertiary/aromatic N) is 3. The number of fused-ring (bicyclic) bond motifs is 2. The third kappa shape index (κ3) is 3.40. The summed E-state index contributed by atoms with van der Waals surface area (Å²) in [5, 5.41) is 0. The molecule has 0 aliphatic carbocycles. The van der Waals surface area contributed by atoms with Crippen molar-refractivity contribution in [2.75, 3.05) is 13.4 Å². The van der Waals surface area contributed by atoms with Crippen molar-refractivity contribution >= 4 is 23.4 Å². The van der Waals surface area contributed by atoms with Gasteiger partial charge < -0.3 is 14.2 Å². The lowest BCUT2D eigenvalue weighted by atomic mass is 9.95. The molecule has 162 valence electrons. The number of esters is 1. The maximum Gasteiger partial charge on any atom is 0.338 e. The Hall–Kier alpha value is -3.72. The van der Waals surface area contributed by atoms with Gasteiger partial charge in [0, 0.05) is 12.4 Å². The highest BCUT2D eigenvalue weighted by atomic mass is 32.1. The van der Waals surface area contributed by atoms with Gasteiger partial charge in [-0.15, -0.1) is 0 Å². The molecule has 2 aliphatic rings. The van der Waals surface area contributed by atoms with E-state index in [-0.39, 0.29) is 19.0 Å². The summed E-state index contributed by atoms with van der Waals surface area (Å²) in [6, 6.07) is 8.36. The summed E-state index contributed by atoms with van der Waals surface area (Å²) in [4.78, 5) is 35.5. The van der Waals surface area contributed by atoms with E-state index < -0.39 is 12.0 Å². The maximum atomic E-state index is 13.5. The van der Waals surface area contributed by atoms with E-state index in [2.05, 4.69) is 9.98 Å². The topological polar surface area (TPSA) is 92.0 Å². The number of carbonyl (C=O) groups excluding carboxylic acids is 1. The maximum absolute atomic E-state index is 13.5. The average Bonchev–Trinajstić information content (AvgIpc) is 3.37. The van der Waals surface area contributed by atoms with Gasteiger partial charge in [-0.1, -0.05) is 17.4 Å². The molecule has 32 heavy (non-hydrogen) atoms. The first-order valence-electron chi connectivity index (χ1n) is 10.1. The van der Waals surface area contributed by atoms with Crippen LogP contribution in [-0.2, 0) is 9.53 Å². The molecule has 0 bridgehead atoms. The average molecular weight is 449 g/mol. The van der Waals surface area contributed by atoms with Crippen LogP contribution in [0.15, 0.2) is 63.8 Å². The predicted octanol–water partition coefficient (Wildman–Crippen LogP) is 1.92. The van der Waals surface area contributed by atoms with Gasteiger partial charge >= 0.3 is 5.97 Å². The van der Waals surface area contributed by atoms with Crippen molar-refractivity contribution in [2.24, 2.45) is 4.99 Å². The minimum Gasteiger partial charge on any atom is -0.463 e. The van der Waals surface area contributed by atoms with Gasteiger partial charge in [0.1, 0.15) is 0 Å². The smallest absolute Gasteiger partial charge is 0.338 e. The Morgan fingerprint density at radius 1 is 1.25 bits per heavy atom. The molecule has 0 fully saturated rings. The number of aromatic nitrogens is 2. The van der Waals surface area contributed by atoms with Crippen LogP contribution in [0, 0.1) is 0 Å². The number of rotatable bonds is 4. The van der Waals surface area contributed by atoms with E-state index >= 15 is 0 Å². The predicted molar refractivity (Wildman–Crippen MR) is 117 cm³/mol. The van der Waals surface area contributed by atoms with Gasteiger partial charge in [-0.2, -0.15) is 0 Å². The molecule has 2 aliphatic heterocycles. The standard InChI is InChI=1S/C23H19N3O5S/c1-3-29-22(28)19-13(2)25-23-26(20(19)15-4-5-16-17(11-15)31-12-30-16)21(27)18(32-23)10-14-6-8-24-9-7-14/h4-11,20H,3,12H2,1-2H3/b18-10+/t20-/m0/s1. The molecule has 3 aromatic rings. The number of benzene rings is 1. The lowest BCUT2D eigenvalue weighted by Crippen LogP contribution is -2.39. The van der Waals surface area contributed by atoms with Gasteiger partial charge in [-0.05, 0) is 55.3 Å². The van der Waals surface area contributed by atoms with Crippen LogP contribution in [0.5, 0.6) is 11.5 Å². The van der Waals surface area contributed by atoms with Gasteiger partial charge in [0.15, 0.2) is 16.3 Å². The summed E-state index contributed by atoms with van der Waals surface area (Å²) in [6.45, 7) is 3.85. The molecule has 1 atom stereocenters. The molecule has 0 amide bonds. The fourth-order valence-electron chi connectivity index (χ4n) is 3.80. The van der Waals surface area contributed by atoms with Crippen LogP contribution in [0.1, 0.15) is 31.0 Å². The fraction of sp³-hybridized carbons (Fsp3) is 0.217. The summed E-state index contributed by atoms with van der Waals surface area (Å²) in [5.74, 6) is 0.691. The van der Waals surface area contributed by atoms with Crippen LogP contribution in [0.4, 0.5) is 0 Å². The molecule has 9 heteroatoms. The molecule has 0 saturated heterocycles. The van der Waals surface area contributed by atoms with Crippen LogP contribution in [0.3, 0.4) is 0 Å². The van der Waals surface area contributed by atoms with E-state index in [1.54, 1.807) is 49.0 Å². The number of allylic oxidation sites excluding steroid dienone is 1. The molecule has 2 aromatic heterocycles. The highest BCUT2D eigenvalue weighted by Crippen LogP contribution is 2.38. The number of carbonyl (C=O) groups is 1. The molecule has 0 radical (unpaired) electrons. The number of pyridine rings is 1. The Labute approximate surface area is 186 Å². The van der Waals surface area contributed by atoms with E-state index in [1.807, 2.05) is 18.2 Å². The molecule has 0 unspecified atom stereocenters. The molecule has 8 nitrogen and oxygen atoms in total. The molecule has 5 rings (SSSR count). The van der Waals surface area contributed by atoms with Crippen LogP contribution in [0.25, 0.3) is 6.08 Å². The van der Waals surface area contributed by atoms with Gasteiger partial charge in [-0.25, -0.2) is 9.79 Å². The molecular weight excluding hydrogens is 430 g/mol. The Kier molecular flexibility index (Phi) is 5.10. The lowest BCUT2D eigenvalue weighted by molar-refractivity contribution is -0.139. The van der Waals surface area contributed by atoms with Crippen LogP contribution in [0.2, 0.25) is 0 Å². The van der Waals surface area contributed by atoms with E-state index in [1.165, 1.54) is 11.3 Å².